The van der Waals surface area contributed by atoms with Crippen molar-refractivity contribution in [3.05, 3.63) is 49.0 Å². The summed E-state index contributed by atoms with van der Waals surface area (Å²) < 4.78 is 21.2. The molecule has 0 heterocycles. The predicted molar refractivity (Wildman–Crippen MR) is 249 cm³/mol. The van der Waals surface area contributed by atoms with Crippen molar-refractivity contribution < 1.29 is 49.6 Å². The van der Waals surface area contributed by atoms with Crippen molar-refractivity contribution in [1.29, 1.82) is 0 Å². The highest BCUT2D eigenvalue weighted by Gasteiger charge is 2.11. The summed E-state index contributed by atoms with van der Waals surface area (Å²) in [6.45, 7) is 11.6. The Hall–Kier alpha value is -1.76. The molecule has 0 aliphatic carbocycles. The molecule has 3 unspecified atom stereocenters. The zero-order valence-corrected chi connectivity index (χ0v) is 38.8. The van der Waals surface area contributed by atoms with Crippen molar-refractivity contribution in [2.75, 3.05) is 52.9 Å². The van der Waals surface area contributed by atoms with Gasteiger partial charge in [-0.2, -0.15) is 0 Å². The fourth-order valence-electron chi connectivity index (χ4n) is 6.33. The minimum Gasteiger partial charge on any atom is -0.496 e. The van der Waals surface area contributed by atoms with E-state index in [1.165, 1.54) is 148 Å². The molecule has 0 aliphatic heterocycles. The number of aliphatic hydroxyl groups is 6. The molecule has 0 spiro atoms. The molecule has 6 N–H and O–H groups in total. The van der Waals surface area contributed by atoms with E-state index in [0.29, 0.717) is 11.5 Å². The second-order valence-corrected chi connectivity index (χ2v) is 16.4. The average molecular weight is 857 g/mol. The number of hydrogen-bond acceptors (Lipinski definition) is 10. The first kappa shape index (κ1) is 60.3. The van der Waals surface area contributed by atoms with Gasteiger partial charge in [0.1, 0.15) is 31.0 Å². The molecule has 0 fully saturated rings. The van der Waals surface area contributed by atoms with Gasteiger partial charge in [0.2, 0.25) is 0 Å². The van der Waals surface area contributed by atoms with Crippen molar-refractivity contribution in [2.24, 2.45) is 0 Å². The topological polar surface area (TPSA) is 158 Å². The van der Waals surface area contributed by atoms with Gasteiger partial charge in [-0.15, -0.1) is 0 Å². The second kappa shape index (κ2) is 49.9. The molecular formula is C50H96O10. The monoisotopic (exact) mass is 857 g/mol. The molecule has 0 rings (SSSR count). The average Bonchev–Trinajstić information content (AvgIpc) is 3.24. The first-order valence-corrected chi connectivity index (χ1v) is 24.2. The molecule has 3 atom stereocenters. The van der Waals surface area contributed by atoms with Gasteiger partial charge in [0, 0.05) is 12.8 Å². The van der Waals surface area contributed by atoms with Crippen LogP contribution in [0.2, 0.25) is 0 Å². The minimum absolute atomic E-state index is 0.00213. The standard InChI is InChI=1S/C28H54O7.C22H42O3/c1-3-4-5-6-7-8-9-10-11-12-13-14-15-16-17-18-25(2)35-24-28(32)23-34-22-27(31)21-33-20-26(30)19-29;1-3-4-5-6-7-8-9-10-11-12-13-14-15-16-17-18-21(2)25-22(19-23)20-24/h10-11,26-32H,2-9,12-24H2,1H3;10-11,22-24H,2-9,12-20H2,1H3/b2*11-10-. The van der Waals surface area contributed by atoms with Crippen molar-refractivity contribution in [3.63, 3.8) is 0 Å². The zero-order chi connectivity index (χ0) is 44.6. The number of ether oxygens (including phenoxy) is 4. The Kier molecular flexibility index (Phi) is 50.2. The van der Waals surface area contributed by atoms with E-state index in [9.17, 15) is 10.2 Å². The maximum Gasteiger partial charge on any atom is 0.144 e. The summed E-state index contributed by atoms with van der Waals surface area (Å²) in [6, 6.07) is 0. The summed E-state index contributed by atoms with van der Waals surface area (Å²) >= 11 is 0. The third-order valence-corrected chi connectivity index (χ3v) is 10.1. The molecule has 0 aromatic rings. The molecule has 0 aromatic heterocycles. The Labute approximate surface area is 368 Å². The Morgan fingerprint density at radius 3 is 1.13 bits per heavy atom. The maximum absolute atomic E-state index is 9.93. The quantitative estimate of drug-likeness (QED) is 0.0198. The van der Waals surface area contributed by atoms with E-state index in [1.54, 1.807) is 0 Å². The fraction of sp³-hybridized carbons (Fsp3) is 0.840. The first-order chi connectivity index (χ1) is 29.2. The van der Waals surface area contributed by atoms with Gasteiger partial charge in [-0.3, -0.25) is 0 Å². The summed E-state index contributed by atoms with van der Waals surface area (Å²) in [7, 11) is 0. The van der Waals surface area contributed by atoms with Crippen molar-refractivity contribution in [2.45, 2.75) is 218 Å². The van der Waals surface area contributed by atoms with E-state index in [2.05, 4.69) is 51.3 Å². The second-order valence-electron chi connectivity index (χ2n) is 16.4. The normalized spacial score (nSPS) is 13.2. The molecule has 0 aromatic carbocycles. The molecule has 10 nitrogen and oxygen atoms in total. The van der Waals surface area contributed by atoms with Crippen LogP contribution in [0, 0.1) is 0 Å². The Morgan fingerprint density at radius 2 is 0.750 bits per heavy atom. The Morgan fingerprint density at radius 1 is 0.417 bits per heavy atom. The van der Waals surface area contributed by atoms with Gasteiger partial charge in [0.25, 0.3) is 0 Å². The van der Waals surface area contributed by atoms with Crippen LogP contribution in [0.15, 0.2) is 49.0 Å². The van der Waals surface area contributed by atoms with E-state index >= 15 is 0 Å². The van der Waals surface area contributed by atoms with Gasteiger partial charge >= 0.3 is 0 Å². The van der Waals surface area contributed by atoms with Crippen molar-refractivity contribution in [1.82, 2.24) is 0 Å². The third kappa shape index (κ3) is 48.9. The van der Waals surface area contributed by atoms with E-state index in [-0.39, 0.29) is 52.9 Å². The lowest BCUT2D eigenvalue weighted by molar-refractivity contribution is -0.0643. The van der Waals surface area contributed by atoms with Gasteiger partial charge in [-0.1, -0.05) is 154 Å². The molecule has 0 saturated carbocycles. The van der Waals surface area contributed by atoms with E-state index in [4.69, 9.17) is 39.4 Å². The molecule has 0 aliphatic rings. The minimum atomic E-state index is -0.956. The summed E-state index contributed by atoms with van der Waals surface area (Å²) in [4.78, 5) is 0. The molecule has 60 heavy (non-hydrogen) atoms. The highest BCUT2D eigenvalue weighted by molar-refractivity contribution is 4.85. The molecule has 10 heteroatoms. The molecule has 0 bridgehead atoms. The summed E-state index contributed by atoms with van der Waals surface area (Å²) in [5.41, 5.74) is 0. The zero-order valence-electron chi connectivity index (χ0n) is 38.8. The Bertz CT molecular complexity index is 938. The number of hydrogen-bond donors (Lipinski definition) is 6. The van der Waals surface area contributed by atoms with E-state index in [1.807, 2.05) is 0 Å². The smallest absolute Gasteiger partial charge is 0.144 e. The van der Waals surface area contributed by atoms with Crippen LogP contribution in [-0.4, -0.2) is 108 Å². The van der Waals surface area contributed by atoms with Crippen LogP contribution in [0.5, 0.6) is 0 Å². The van der Waals surface area contributed by atoms with Crippen LogP contribution in [0.1, 0.15) is 194 Å². The van der Waals surface area contributed by atoms with E-state index < -0.39 is 24.4 Å². The highest BCUT2D eigenvalue weighted by atomic mass is 16.5. The highest BCUT2D eigenvalue weighted by Crippen LogP contribution is 2.15. The fourth-order valence-corrected chi connectivity index (χ4v) is 6.33. The van der Waals surface area contributed by atoms with Gasteiger partial charge < -0.3 is 49.6 Å². The third-order valence-electron chi connectivity index (χ3n) is 10.1. The SMILES string of the molecule is C=C(CCCCCCC/C=C\CCCCCCCC)OC(CO)CO.C=C(CCCCCCC/C=C\CCCCCCCC)OCC(O)COCC(O)COCC(O)CO. The molecular weight excluding hydrogens is 761 g/mol. The van der Waals surface area contributed by atoms with Crippen molar-refractivity contribution in [3.8, 4) is 0 Å². The van der Waals surface area contributed by atoms with Gasteiger partial charge in [0.05, 0.1) is 57.8 Å². The molecule has 356 valence electrons. The largest absolute Gasteiger partial charge is 0.496 e. The van der Waals surface area contributed by atoms with Gasteiger partial charge in [0.15, 0.2) is 0 Å². The van der Waals surface area contributed by atoms with E-state index in [0.717, 1.165) is 32.1 Å². The maximum atomic E-state index is 9.93. The lowest BCUT2D eigenvalue weighted by atomic mass is 10.1. The van der Waals surface area contributed by atoms with Crippen LogP contribution in [0.25, 0.3) is 0 Å². The summed E-state index contributed by atoms with van der Waals surface area (Å²) in [6.07, 6.45) is 41.2. The van der Waals surface area contributed by atoms with Gasteiger partial charge in [-0.25, -0.2) is 0 Å². The van der Waals surface area contributed by atoms with Crippen LogP contribution in [0.4, 0.5) is 0 Å². The lowest BCUT2D eigenvalue weighted by Gasteiger charge is -2.16. The van der Waals surface area contributed by atoms with Crippen molar-refractivity contribution >= 4 is 0 Å². The number of aliphatic hydroxyl groups excluding tert-OH is 6. The van der Waals surface area contributed by atoms with Crippen LogP contribution < -0.4 is 0 Å². The molecule has 0 amide bonds. The predicted octanol–water partition coefficient (Wildman–Crippen LogP) is 10.6. The molecule has 0 radical (unpaired) electrons. The first-order valence-electron chi connectivity index (χ1n) is 24.2. The van der Waals surface area contributed by atoms with Crippen LogP contribution >= 0.6 is 0 Å². The number of allylic oxidation sites excluding steroid dienone is 6. The van der Waals surface area contributed by atoms with Crippen LogP contribution in [-0.2, 0) is 18.9 Å². The lowest BCUT2D eigenvalue weighted by Crippen LogP contribution is -2.29. The Balaban J connectivity index is 0. The number of unbranched alkanes of at least 4 members (excludes halogenated alkanes) is 22. The van der Waals surface area contributed by atoms with Gasteiger partial charge in [-0.05, 0) is 64.2 Å². The summed E-state index contributed by atoms with van der Waals surface area (Å²) in [5.74, 6) is 1.35. The number of rotatable bonds is 46. The van der Waals surface area contributed by atoms with Crippen LogP contribution in [0.3, 0.4) is 0 Å². The molecule has 0 saturated heterocycles. The summed E-state index contributed by atoms with van der Waals surface area (Å²) in [5, 5.41) is 55.3.